The number of carbonyl (C=O) groups excluding carboxylic acids is 1. The van der Waals surface area contributed by atoms with E-state index in [9.17, 15) is 4.79 Å². The van der Waals surface area contributed by atoms with E-state index in [1.54, 1.807) is 19.2 Å². The van der Waals surface area contributed by atoms with Gasteiger partial charge >= 0.3 is 0 Å². The highest BCUT2D eigenvalue weighted by Crippen LogP contribution is 2.11. The van der Waals surface area contributed by atoms with Crippen LogP contribution in [0.1, 0.15) is 32.9 Å². The number of amides is 1. The second kappa shape index (κ2) is 7.63. The van der Waals surface area contributed by atoms with Crippen LogP contribution < -0.4 is 16.4 Å². The quantitative estimate of drug-likeness (QED) is 0.563. The van der Waals surface area contributed by atoms with Gasteiger partial charge in [0.25, 0.3) is 0 Å². The molecule has 0 radical (unpaired) electrons. The van der Waals surface area contributed by atoms with E-state index in [0.29, 0.717) is 24.6 Å². The van der Waals surface area contributed by atoms with Crippen LogP contribution in [0.15, 0.2) is 29.3 Å². The molecule has 1 aromatic heterocycles. The molecule has 0 saturated heterocycles. The Morgan fingerprint density at radius 3 is 2.33 bits per heavy atom. The van der Waals surface area contributed by atoms with Gasteiger partial charge in [-0.05, 0) is 31.5 Å². The van der Waals surface area contributed by atoms with E-state index >= 15 is 0 Å². The van der Waals surface area contributed by atoms with E-state index in [1.807, 2.05) is 37.7 Å². The number of hydrogen-bond acceptors (Lipinski definition) is 3. The number of carbonyl (C=O) groups is 1. The SMILES string of the molecule is CN=C(NCc1ccc(C(N)=O)cc1)NCc1c(C)nn(C)c1C. The van der Waals surface area contributed by atoms with Crippen molar-refractivity contribution >= 4 is 11.9 Å². The van der Waals surface area contributed by atoms with Gasteiger partial charge in [-0.25, -0.2) is 0 Å². The standard InChI is InChI=1S/C17H24N6O/c1-11-15(12(2)23(4)22-11)10-21-17(19-3)20-9-13-5-7-14(8-6-13)16(18)24/h5-8H,9-10H2,1-4H3,(H2,18,24)(H2,19,20,21). The van der Waals surface area contributed by atoms with Crippen LogP contribution in [0.3, 0.4) is 0 Å². The molecule has 0 unspecified atom stereocenters. The zero-order chi connectivity index (χ0) is 17.7. The first-order valence-electron chi connectivity index (χ1n) is 7.74. The van der Waals surface area contributed by atoms with Gasteiger partial charge in [0.2, 0.25) is 5.91 Å². The molecule has 0 aliphatic heterocycles. The second-order valence-corrected chi connectivity index (χ2v) is 5.61. The molecule has 0 atom stereocenters. The highest BCUT2D eigenvalue weighted by atomic mass is 16.1. The van der Waals surface area contributed by atoms with Crippen LogP contribution in [-0.4, -0.2) is 28.7 Å². The molecule has 0 aliphatic carbocycles. The Kier molecular flexibility index (Phi) is 5.57. The Balaban J connectivity index is 1.92. The van der Waals surface area contributed by atoms with Crippen LogP contribution >= 0.6 is 0 Å². The summed E-state index contributed by atoms with van der Waals surface area (Å²) in [5.41, 5.74) is 10.1. The molecular formula is C17H24N6O. The van der Waals surface area contributed by atoms with Crippen LogP contribution in [0, 0.1) is 13.8 Å². The fourth-order valence-corrected chi connectivity index (χ4v) is 2.44. The third-order valence-corrected chi connectivity index (χ3v) is 4.01. The number of aromatic nitrogens is 2. The van der Waals surface area contributed by atoms with Gasteiger partial charge in [0.05, 0.1) is 5.69 Å². The van der Waals surface area contributed by atoms with Crippen molar-refractivity contribution in [3.05, 3.63) is 52.3 Å². The first kappa shape index (κ1) is 17.5. The van der Waals surface area contributed by atoms with E-state index < -0.39 is 5.91 Å². The molecule has 0 spiro atoms. The summed E-state index contributed by atoms with van der Waals surface area (Å²) < 4.78 is 1.88. The molecule has 2 aromatic rings. The molecule has 4 N–H and O–H groups in total. The van der Waals surface area contributed by atoms with Gasteiger partial charge in [-0.15, -0.1) is 0 Å². The average Bonchev–Trinajstić information content (AvgIpc) is 2.81. The van der Waals surface area contributed by atoms with E-state index in [2.05, 4.69) is 20.7 Å². The second-order valence-electron chi connectivity index (χ2n) is 5.61. The normalized spacial score (nSPS) is 11.4. The van der Waals surface area contributed by atoms with E-state index in [4.69, 9.17) is 5.73 Å². The Morgan fingerprint density at radius 1 is 1.21 bits per heavy atom. The van der Waals surface area contributed by atoms with Gasteiger partial charge in [0, 0.05) is 44.0 Å². The van der Waals surface area contributed by atoms with E-state index in [1.165, 1.54) is 5.56 Å². The van der Waals surface area contributed by atoms with Crippen molar-refractivity contribution < 1.29 is 4.79 Å². The number of nitrogens with two attached hydrogens (primary N) is 1. The zero-order valence-electron chi connectivity index (χ0n) is 14.6. The number of nitrogens with zero attached hydrogens (tertiary/aromatic N) is 3. The molecular weight excluding hydrogens is 304 g/mol. The molecule has 24 heavy (non-hydrogen) atoms. The molecule has 1 amide bonds. The van der Waals surface area contributed by atoms with Crippen molar-refractivity contribution in [3.63, 3.8) is 0 Å². The third kappa shape index (κ3) is 4.13. The lowest BCUT2D eigenvalue weighted by Crippen LogP contribution is -2.36. The average molecular weight is 328 g/mol. The van der Waals surface area contributed by atoms with Gasteiger partial charge in [0.1, 0.15) is 0 Å². The molecule has 0 bridgehead atoms. The zero-order valence-corrected chi connectivity index (χ0v) is 14.6. The summed E-state index contributed by atoms with van der Waals surface area (Å²) in [5.74, 6) is 0.283. The van der Waals surface area contributed by atoms with Crippen LogP contribution in [0.2, 0.25) is 0 Å². The van der Waals surface area contributed by atoms with Gasteiger partial charge in [0.15, 0.2) is 5.96 Å². The maximum Gasteiger partial charge on any atom is 0.248 e. The number of guanidine groups is 1. The minimum absolute atomic E-state index is 0.422. The first-order valence-corrected chi connectivity index (χ1v) is 7.74. The van der Waals surface area contributed by atoms with Gasteiger partial charge in [-0.3, -0.25) is 14.5 Å². The fraction of sp³-hybridized carbons (Fsp3) is 0.353. The highest BCUT2D eigenvalue weighted by molar-refractivity contribution is 5.92. The number of aliphatic imine (C=N–C) groups is 1. The summed E-state index contributed by atoms with van der Waals surface area (Å²) in [5, 5.41) is 10.9. The summed E-state index contributed by atoms with van der Waals surface area (Å²) in [4.78, 5) is 15.3. The van der Waals surface area contributed by atoms with Gasteiger partial charge in [-0.2, -0.15) is 5.10 Å². The maximum absolute atomic E-state index is 11.1. The lowest BCUT2D eigenvalue weighted by molar-refractivity contribution is 0.100. The molecule has 0 fully saturated rings. The fourth-order valence-electron chi connectivity index (χ4n) is 2.44. The van der Waals surface area contributed by atoms with Crippen molar-refractivity contribution in [2.24, 2.45) is 17.8 Å². The van der Waals surface area contributed by atoms with Crippen LogP contribution in [0.5, 0.6) is 0 Å². The van der Waals surface area contributed by atoms with E-state index in [0.717, 1.165) is 17.0 Å². The summed E-state index contributed by atoms with van der Waals surface area (Å²) in [6.07, 6.45) is 0. The first-order chi connectivity index (χ1) is 11.4. The van der Waals surface area contributed by atoms with Gasteiger partial charge < -0.3 is 16.4 Å². The number of aryl methyl sites for hydroxylation is 2. The predicted molar refractivity (Wildman–Crippen MR) is 94.7 cm³/mol. The smallest absolute Gasteiger partial charge is 0.248 e. The molecule has 0 saturated carbocycles. The maximum atomic E-state index is 11.1. The largest absolute Gasteiger partial charge is 0.366 e. The topological polar surface area (TPSA) is 97.3 Å². The summed E-state index contributed by atoms with van der Waals surface area (Å²) in [6, 6.07) is 7.18. The Hall–Kier alpha value is -2.83. The number of rotatable bonds is 5. The summed E-state index contributed by atoms with van der Waals surface area (Å²) in [7, 11) is 3.67. The van der Waals surface area contributed by atoms with Crippen molar-refractivity contribution in [3.8, 4) is 0 Å². The number of nitrogens with one attached hydrogen (secondary N) is 2. The van der Waals surface area contributed by atoms with Gasteiger partial charge in [-0.1, -0.05) is 12.1 Å². The van der Waals surface area contributed by atoms with Crippen LogP contribution in [0.4, 0.5) is 0 Å². The Morgan fingerprint density at radius 2 is 1.83 bits per heavy atom. The van der Waals surface area contributed by atoms with Crippen LogP contribution in [0.25, 0.3) is 0 Å². The highest BCUT2D eigenvalue weighted by Gasteiger charge is 2.09. The molecule has 2 rings (SSSR count). The third-order valence-electron chi connectivity index (χ3n) is 4.01. The predicted octanol–water partition coefficient (Wildman–Crippen LogP) is 1.00. The Labute approximate surface area is 142 Å². The molecule has 0 aliphatic rings. The minimum Gasteiger partial charge on any atom is -0.366 e. The van der Waals surface area contributed by atoms with E-state index in [-0.39, 0.29) is 0 Å². The lowest BCUT2D eigenvalue weighted by atomic mass is 10.1. The molecule has 1 aromatic carbocycles. The van der Waals surface area contributed by atoms with Crippen molar-refractivity contribution in [1.82, 2.24) is 20.4 Å². The molecule has 128 valence electrons. The van der Waals surface area contributed by atoms with Crippen LogP contribution in [-0.2, 0) is 20.1 Å². The summed E-state index contributed by atoms with van der Waals surface area (Å²) in [6.45, 7) is 5.31. The molecule has 7 heteroatoms. The summed E-state index contributed by atoms with van der Waals surface area (Å²) >= 11 is 0. The van der Waals surface area contributed by atoms with Crippen molar-refractivity contribution in [1.29, 1.82) is 0 Å². The molecule has 7 nitrogen and oxygen atoms in total. The number of hydrogen-bond donors (Lipinski definition) is 3. The Bertz CT molecular complexity index is 745. The van der Waals surface area contributed by atoms with Crippen molar-refractivity contribution in [2.45, 2.75) is 26.9 Å². The van der Waals surface area contributed by atoms with Crippen molar-refractivity contribution in [2.75, 3.05) is 7.05 Å². The minimum atomic E-state index is -0.422. The number of benzene rings is 1. The lowest BCUT2D eigenvalue weighted by Gasteiger charge is -2.12. The number of primary amides is 1. The monoisotopic (exact) mass is 328 g/mol. The molecule has 1 heterocycles.